The number of thioether (sulfide) groups is 1. The van der Waals surface area contributed by atoms with E-state index in [4.69, 9.17) is 0 Å². The molecule has 1 aliphatic rings. The minimum atomic E-state index is 0.157. The number of carbonyl (C=O) groups is 1. The fourth-order valence-corrected chi connectivity index (χ4v) is 3.86. The Balaban J connectivity index is 2.70. The summed E-state index contributed by atoms with van der Waals surface area (Å²) in [6.45, 7) is 14.0. The van der Waals surface area contributed by atoms with Crippen molar-refractivity contribution >= 4 is 17.5 Å². The zero-order valence-corrected chi connectivity index (χ0v) is 12.9. The van der Waals surface area contributed by atoms with Gasteiger partial charge < -0.3 is 0 Å². The number of ketones is 1. The first kappa shape index (κ1) is 15.0. The second-order valence-electron chi connectivity index (χ2n) is 5.91. The van der Waals surface area contributed by atoms with Crippen molar-refractivity contribution in [1.82, 2.24) is 4.90 Å². The summed E-state index contributed by atoms with van der Waals surface area (Å²) in [6.07, 6.45) is 1.04. The average Bonchev–Trinajstić information content (AvgIpc) is 2.59. The maximum Gasteiger partial charge on any atom is 0.152 e. The molecular weight excluding hydrogens is 230 g/mol. The summed E-state index contributed by atoms with van der Waals surface area (Å²) in [5, 5.41) is 1.28. The second kappa shape index (κ2) is 6.24. The van der Waals surface area contributed by atoms with Crippen LogP contribution in [0.5, 0.6) is 0 Å². The van der Waals surface area contributed by atoms with Gasteiger partial charge in [-0.2, -0.15) is 11.8 Å². The fourth-order valence-electron chi connectivity index (χ4n) is 2.54. The van der Waals surface area contributed by atoms with Crippen molar-refractivity contribution in [3.05, 3.63) is 0 Å². The van der Waals surface area contributed by atoms with E-state index in [9.17, 15) is 4.79 Å². The lowest BCUT2D eigenvalue weighted by molar-refractivity contribution is -0.126. The van der Waals surface area contributed by atoms with Crippen LogP contribution < -0.4 is 0 Å². The van der Waals surface area contributed by atoms with Gasteiger partial charge in [-0.05, 0) is 25.5 Å². The smallest absolute Gasteiger partial charge is 0.152 e. The van der Waals surface area contributed by atoms with Crippen molar-refractivity contribution < 1.29 is 4.79 Å². The van der Waals surface area contributed by atoms with Crippen molar-refractivity contribution in [1.29, 1.82) is 0 Å². The highest BCUT2D eigenvalue weighted by Gasteiger charge is 2.38. The van der Waals surface area contributed by atoms with Crippen molar-refractivity contribution in [2.45, 2.75) is 70.5 Å². The normalized spacial score (nSPS) is 26.4. The van der Waals surface area contributed by atoms with Crippen LogP contribution in [0.2, 0.25) is 0 Å². The van der Waals surface area contributed by atoms with Gasteiger partial charge in [0.1, 0.15) is 0 Å². The molecule has 0 aromatic rings. The van der Waals surface area contributed by atoms with Gasteiger partial charge in [0, 0.05) is 23.8 Å². The minimum Gasteiger partial charge on any atom is -0.298 e. The third-order valence-electron chi connectivity index (χ3n) is 3.33. The minimum absolute atomic E-state index is 0.157. The third-order valence-corrected chi connectivity index (χ3v) is 4.60. The van der Waals surface area contributed by atoms with Gasteiger partial charge in [-0.25, -0.2) is 0 Å². The standard InChI is InChI=1S/C14H27NOS/c1-9(2)14(16)13-7-12(17-11(5)6)8-15(13)10(3)4/h9-13H,7-8H2,1-6H3. The van der Waals surface area contributed by atoms with Crippen LogP contribution in [0.25, 0.3) is 0 Å². The lowest BCUT2D eigenvalue weighted by atomic mass is 9.99. The molecule has 1 heterocycles. The number of nitrogens with zero attached hydrogens (tertiary/aromatic N) is 1. The van der Waals surface area contributed by atoms with Crippen LogP contribution in [-0.2, 0) is 4.79 Å². The molecule has 3 heteroatoms. The number of carbonyl (C=O) groups excluding carboxylic acids is 1. The summed E-state index contributed by atoms with van der Waals surface area (Å²) in [5.41, 5.74) is 0. The van der Waals surface area contributed by atoms with E-state index in [0.29, 0.717) is 22.3 Å². The largest absolute Gasteiger partial charge is 0.298 e. The highest BCUT2D eigenvalue weighted by Crippen LogP contribution is 2.32. The molecule has 0 bridgehead atoms. The van der Waals surface area contributed by atoms with Crippen molar-refractivity contribution in [2.75, 3.05) is 6.54 Å². The number of hydrogen-bond acceptors (Lipinski definition) is 3. The molecule has 2 atom stereocenters. The maximum absolute atomic E-state index is 12.2. The van der Waals surface area contributed by atoms with Crippen LogP contribution >= 0.6 is 11.8 Å². The van der Waals surface area contributed by atoms with Gasteiger partial charge in [0.05, 0.1) is 6.04 Å². The van der Waals surface area contributed by atoms with Gasteiger partial charge in [0.2, 0.25) is 0 Å². The molecule has 0 amide bonds. The van der Waals surface area contributed by atoms with Gasteiger partial charge in [-0.3, -0.25) is 9.69 Å². The van der Waals surface area contributed by atoms with Crippen LogP contribution in [-0.4, -0.2) is 39.8 Å². The number of hydrogen-bond donors (Lipinski definition) is 0. The molecule has 2 nitrogen and oxygen atoms in total. The average molecular weight is 257 g/mol. The fraction of sp³-hybridized carbons (Fsp3) is 0.929. The summed E-state index contributed by atoms with van der Waals surface area (Å²) in [7, 11) is 0. The number of rotatable bonds is 5. The van der Waals surface area contributed by atoms with Gasteiger partial charge in [0.25, 0.3) is 0 Å². The lowest BCUT2D eigenvalue weighted by Crippen LogP contribution is -2.42. The van der Waals surface area contributed by atoms with Crippen molar-refractivity contribution in [3.8, 4) is 0 Å². The molecule has 0 aromatic heterocycles. The Bertz CT molecular complexity index is 263. The topological polar surface area (TPSA) is 20.3 Å². The van der Waals surface area contributed by atoms with Crippen LogP contribution in [0, 0.1) is 5.92 Å². The zero-order chi connectivity index (χ0) is 13.2. The highest BCUT2D eigenvalue weighted by molar-refractivity contribution is 8.00. The van der Waals surface area contributed by atoms with Crippen molar-refractivity contribution in [2.24, 2.45) is 5.92 Å². The molecule has 0 saturated carbocycles. The predicted octanol–water partition coefficient (Wildman–Crippen LogP) is 3.20. The summed E-state index contributed by atoms with van der Waals surface area (Å²) in [6, 6.07) is 0.631. The molecule has 0 aliphatic carbocycles. The van der Waals surface area contributed by atoms with E-state index in [1.54, 1.807) is 0 Å². The molecule has 1 saturated heterocycles. The van der Waals surface area contributed by atoms with E-state index in [1.165, 1.54) is 0 Å². The van der Waals surface area contributed by atoms with Crippen LogP contribution in [0.15, 0.2) is 0 Å². The maximum atomic E-state index is 12.2. The Morgan fingerprint density at radius 2 is 1.76 bits per heavy atom. The molecule has 1 rings (SSSR count). The van der Waals surface area contributed by atoms with Crippen molar-refractivity contribution in [3.63, 3.8) is 0 Å². The number of Topliss-reactive ketones (excluding diaryl/α,β-unsaturated/α-hetero) is 1. The monoisotopic (exact) mass is 257 g/mol. The quantitative estimate of drug-likeness (QED) is 0.754. The molecule has 2 unspecified atom stereocenters. The molecule has 0 spiro atoms. The van der Waals surface area contributed by atoms with E-state index < -0.39 is 0 Å². The lowest BCUT2D eigenvalue weighted by Gasteiger charge is -2.28. The number of likely N-dealkylation sites (tertiary alicyclic amines) is 1. The first-order chi connectivity index (χ1) is 7.82. The Kier molecular flexibility index (Phi) is 5.52. The molecule has 1 aliphatic heterocycles. The second-order valence-corrected chi connectivity index (χ2v) is 7.79. The van der Waals surface area contributed by atoms with E-state index in [0.717, 1.165) is 13.0 Å². The van der Waals surface area contributed by atoms with Gasteiger partial charge >= 0.3 is 0 Å². The molecule has 0 radical (unpaired) electrons. The Morgan fingerprint density at radius 1 is 1.18 bits per heavy atom. The molecule has 0 N–H and O–H groups in total. The van der Waals surface area contributed by atoms with Crippen LogP contribution in [0.3, 0.4) is 0 Å². The Labute approximate surface area is 111 Å². The van der Waals surface area contributed by atoms with E-state index >= 15 is 0 Å². The predicted molar refractivity (Wildman–Crippen MR) is 76.6 cm³/mol. The molecule has 17 heavy (non-hydrogen) atoms. The van der Waals surface area contributed by atoms with Gasteiger partial charge in [-0.15, -0.1) is 0 Å². The molecule has 1 fully saturated rings. The van der Waals surface area contributed by atoms with E-state index in [-0.39, 0.29) is 12.0 Å². The van der Waals surface area contributed by atoms with Crippen LogP contribution in [0.1, 0.15) is 48.0 Å². The van der Waals surface area contributed by atoms with E-state index in [2.05, 4.69) is 32.6 Å². The summed E-state index contributed by atoms with van der Waals surface area (Å²) in [5.74, 6) is 0.578. The molecule has 100 valence electrons. The first-order valence-electron chi connectivity index (χ1n) is 6.77. The summed E-state index contributed by atoms with van der Waals surface area (Å²) >= 11 is 2.02. The van der Waals surface area contributed by atoms with Gasteiger partial charge in [-0.1, -0.05) is 27.7 Å². The molecule has 0 aromatic carbocycles. The molecular formula is C14H27NOS. The Morgan fingerprint density at radius 3 is 2.18 bits per heavy atom. The zero-order valence-electron chi connectivity index (χ0n) is 12.1. The summed E-state index contributed by atoms with van der Waals surface area (Å²) in [4.78, 5) is 14.6. The SMILES string of the molecule is CC(C)SC1CC(C(=O)C(C)C)N(C(C)C)C1. The van der Waals surface area contributed by atoms with E-state index in [1.807, 2.05) is 25.6 Å². The first-order valence-corrected chi connectivity index (χ1v) is 7.72. The van der Waals surface area contributed by atoms with Crippen LogP contribution in [0.4, 0.5) is 0 Å². The third kappa shape index (κ3) is 3.99. The highest BCUT2D eigenvalue weighted by atomic mass is 32.2. The Hall–Kier alpha value is -0.0200. The van der Waals surface area contributed by atoms with Gasteiger partial charge in [0.15, 0.2) is 5.78 Å². The summed E-state index contributed by atoms with van der Waals surface area (Å²) < 4.78 is 0.